The molecular weight excluding hydrogens is 112 g/mol. The number of hydrogen-bond acceptors (Lipinski definition) is 1. The summed E-state index contributed by atoms with van der Waals surface area (Å²) in [5.74, 6) is 0.274. The molecular formula is C8H14O. The Bertz CT molecular complexity index is 103. The van der Waals surface area contributed by atoms with Crippen molar-refractivity contribution in [2.75, 3.05) is 0 Å². The summed E-state index contributed by atoms with van der Waals surface area (Å²) in [5.41, 5.74) is 0. The smallest absolute Gasteiger partial charge is 0.130 e. The highest BCUT2D eigenvalue weighted by Gasteiger charge is 1.86. The summed E-state index contributed by atoms with van der Waals surface area (Å²) < 4.78 is 0. The van der Waals surface area contributed by atoms with E-state index in [1.54, 1.807) is 6.92 Å². The summed E-state index contributed by atoms with van der Waals surface area (Å²) in [6.45, 7) is 3.71. The largest absolute Gasteiger partial charge is 0.300 e. The molecule has 0 aromatic heterocycles. The minimum atomic E-state index is 0.274. The highest BCUT2D eigenvalue weighted by molar-refractivity contribution is 5.75. The van der Waals surface area contributed by atoms with Crippen LogP contribution >= 0.6 is 0 Å². The highest BCUT2D eigenvalue weighted by Crippen LogP contribution is 1.92. The van der Waals surface area contributed by atoms with Crippen molar-refractivity contribution < 1.29 is 4.79 Å². The maximum absolute atomic E-state index is 10.4. The Labute approximate surface area is 56.8 Å². The fraction of sp³-hybridized carbons (Fsp3) is 0.625. The van der Waals surface area contributed by atoms with E-state index in [1.165, 1.54) is 0 Å². The van der Waals surface area contributed by atoms with Crippen LogP contribution in [-0.2, 0) is 4.79 Å². The van der Waals surface area contributed by atoms with Crippen molar-refractivity contribution in [1.29, 1.82) is 0 Å². The summed E-state index contributed by atoms with van der Waals surface area (Å²) in [6, 6.07) is 0. The fourth-order valence-electron chi connectivity index (χ4n) is 0.571. The van der Waals surface area contributed by atoms with Crippen molar-refractivity contribution in [3.8, 4) is 0 Å². The third-order valence-electron chi connectivity index (χ3n) is 1.07. The molecule has 0 aromatic carbocycles. The molecule has 0 aliphatic carbocycles. The Morgan fingerprint density at radius 2 is 2.11 bits per heavy atom. The number of carbonyl (C=O) groups excluding carboxylic acids is 1. The summed E-state index contributed by atoms with van der Waals surface area (Å²) in [6.07, 6.45) is 6.81. The van der Waals surface area contributed by atoms with E-state index in [4.69, 9.17) is 0 Å². The molecule has 0 amide bonds. The topological polar surface area (TPSA) is 17.1 Å². The molecule has 0 atom stereocenters. The molecule has 0 saturated carbocycles. The van der Waals surface area contributed by atoms with Crippen LogP contribution in [0.25, 0.3) is 0 Å². The van der Waals surface area contributed by atoms with Crippen molar-refractivity contribution in [2.24, 2.45) is 0 Å². The Hall–Kier alpha value is -0.590. The molecule has 9 heavy (non-hydrogen) atoms. The van der Waals surface area contributed by atoms with Crippen LogP contribution in [-0.4, -0.2) is 5.78 Å². The first-order valence-corrected chi connectivity index (χ1v) is 3.41. The van der Waals surface area contributed by atoms with Gasteiger partial charge in [-0.3, -0.25) is 0 Å². The molecule has 0 heterocycles. The number of allylic oxidation sites excluding steroid dienone is 2. The molecule has 1 heteroatoms. The van der Waals surface area contributed by atoms with Gasteiger partial charge in [0.15, 0.2) is 0 Å². The molecule has 0 aliphatic rings. The summed E-state index contributed by atoms with van der Waals surface area (Å²) in [4.78, 5) is 10.4. The van der Waals surface area contributed by atoms with Gasteiger partial charge in [0, 0.05) is 6.42 Å². The van der Waals surface area contributed by atoms with E-state index in [2.05, 4.69) is 19.1 Å². The van der Waals surface area contributed by atoms with E-state index in [1.807, 2.05) is 0 Å². The first-order chi connectivity index (χ1) is 4.27. The van der Waals surface area contributed by atoms with E-state index < -0.39 is 0 Å². The number of Topliss-reactive ketones (excluding diaryl/α,β-unsaturated/α-hetero) is 1. The van der Waals surface area contributed by atoms with Gasteiger partial charge in [0.05, 0.1) is 0 Å². The van der Waals surface area contributed by atoms with Crippen LogP contribution in [0.4, 0.5) is 0 Å². The van der Waals surface area contributed by atoms with E-state index >= 15 is 0 Å². The van der Waals surface area contributed by atoms with Crippen LogP contribution in [0, 0.1) is 0 Å². The van der Waals surface area contributed by atoms with Crippen LogP contribution in [0.3, 0.4) is 0 Å². The molecule has 52 valence electrons. The van der Waals surface area contributed by atoms with E-state index in [0.717, 1.165) is 12.8 Å². The van der Waals surface area contributed by atoms with Gasteiger partial charge in [-0.15, -0.1) is 0 Å². The second-order valence-electron chi connectivity index (χ2n) is 2.12. The molecule has 0 saturated heterocycles. The van der Waals surface area contributed by atoms with E-state index in [0.29, 0.717) is 6.42 Å². The zero-order chi connectivity index (χ0) is 7.11. The van der Waals surface area contributed by atoms with Crippen LogP contribution in [0.15, 0.2) is 12.2 Å². The van der Waals surface area contributed by atoms with Crippen LogP contribution in [0.2, 0.25) is 0 Å². The molecule has 0 bridgehead atoms. The Kier molecular flexibility index (Phi) is 5.18. The van der Waals surface area contributed by atoms with Gasteiger partial charge < -0.3 is 4.79 Å². The summed E-state index contributed by atoms with van der Waals surface area (Å²) in [7, 11) is 0. The summed E-state index contributed by atoms with van der Waals surface area (Å²) >= 11 is 0. The lowest BCUT2D eigenvalue weighted by Crippen LogP contribution is -1.85. The number of ketones is 1. The van der Waals surface area contributed by atoms with E-state index in [9.17, 15) is 4.79 Å². The quantitative estimate of drug-likeness (QED) is 0.528. The zero-order valence-electron chi connectivity index (χ0n) is 6.18. The van der Waals surface area contributed by atoms with Gasteiger partial charge in [-0.25, -0.2) is 0 Å². The van der Waals surface area contributed by atoms with Crippen LogP contribution in [0.1, 0.15) is 33.1 Å². The first-order valence-electron chi connectivity index (χ1n) is 3.41. The lowest BCUT2D eigenvalue weighted by molar-refractivity contribution is -0.116. The molecule has 0 fully saturated rings. The molecule has 0 unspecified atom stereocenters. The van der Waals surface area contributed by atoms with Gasteiger partial charge in [0.25, 0.3) is 0 Å². The maximum atomic E-state index is 10.4. The number of carbonyl (C=O) groups is 1. The van der Waals surface area contributed by atoms with Gasteiger partial charge in [-0.05, 0) is 19.8 Å². The predicted molar refractivity (Wildman–Crippen MR) is 39.3 cm³/mol. The van der Waals surface area contributed by atoms with Crippen molar-refractivity contribution in [3.63, 3.8) is 0 Å². The number of hydrogen-bond donors (Lipinski definition) is 0. The normalized spacial score (nSPS) is 10.4. The zero-order valence-corrected chi connectivity index (χ0v) is 6.18. The molecule has 0 aromatic rings. The van der Waals surface area contributed by atoms with Crippen molar-refractivity contribution in [3.05, 3.63) is 12.2 Å². The minimum absolute atomic E-state index is 0.274. The van der Waals surface area contributed by atoms with Crippen LogP contribution in [0.5, 0.6) is 0 Å². The minimum Gasteiger partial charge on any atom is -0.300 e. The first kappa shape index (κ1) is 8.41. The Morgan fingerprint density at radius 3 is 2.56 bits per heavy atom. The van der Waals surface area contributed by atoms with Gasteiger partial charge >= 0.3 is 0 Å². The van der Waals surface area contributed by atoms with Gasteiger partial charge in [-0.1, -0.05) is 19.1 Å². The lowest BCUT2D eigenvalue weighted by Gasteiger charge is -1.85. The lowest BCUT2D eigenvalue weighted by atomic mass is 10.2. The number of rotatable bonds is 4. The monoisotopic (exact) mass is 126 g/mol. The highest BCUT2D eigenvalue weighted by atomic mass is 16.1. The molecule has 0 spiro atoms. The van der Waals surface area contributed by atoms with Crippen molar-refractivity contribution in [1.82, 2.24) is 0 Å². The molecule has 0 radical (unpaired) electrons. The third-order valence-corrected chi connectivity index (χ3v) is 1.07. The second kappa shape index (κ2) is 5.54. The SMILES string of the molecule is CC/C=C\CCC(C)=O. The van der Waals surface area contributed by atoms with Gasteiger partial charge in [0.2, 0.25) is 0 Å². The predicted octanol–water partition coefficient (Wildman–Crippen LogP) is 2.32. The van der Waals surface area contributed by atoms with Gasteiger partial charge in [-0.2, -0.15) is 0 Å². The van der Waals surface area contributed by atoms with Crippen molar-refractivity contribution in [2.45, 2.75) is 33.1 Å². The van der Waals surface area contributed by atoms with Gasteiger partial charge in [0.1, 0.15) is 5.78 Å². The maximum Gasteiger partial charge on any atom is 0.130 e. The van der Waals surface area contributed by atoms with E-state index in [-0.39, 0.29) is 5.78 Å². The second-order valence-corrected chi connectivity index (χ2v) is 2.12. The molecule has 0 rings (SSSR count). The fourth-order valence-corrected chi connectivity index (χ4v) is 0.571. The molecule has 0 aliphatic heterocycles. The third kappa shape index (κ3) is 7.41. The average molecular weight is 126 g/mol. The standard InChI is InChI=1S/C8H14O/c1-3-4-5-6-7-8(2)9/h4-5H,3,6-7H2,1-2H3/b5-4-. The molecule has 0 N–H and O–H groups in total. The average Bonchev–Trinajstić information content (AvgIpc) is 1.80. The van der Waals surface area contributed by atoms with Crippen LogP contribution < -0.4 is 0 Å². The summed E-state index contributed by atoms with van der Waals surface area (Å²) in [5, 5.41) is 0. The molecule has 1 nitrogen and oxygen atoms in total. The Morgan fingerprint density at radius 1 is 1.44 bits per heavy atom. The Balaban J connectivity index is 3.09. The van der Waals surface area contributed by atoms with Crippen molar-refractivity contribution >= 4 is 5.78 Å².